The summed E-state index contributed by atoms with van der Waals surface area (Å²) in [6, 6.07) is 9.16. The van der Waals surface area contributed by atoms with Crippen molar-refractivity contribution in [1.29, 1.82) is 5.41 Å². The zero-order valence-electron chi connectivity index (χ0n) is 20.6. The second-order valence-electron chi connectivity index (χ2n) is 8.68. The molecule has 0 spiro atoms. The summed E-state index contributed by atoms with van der Waals surface area (Å²) >= 11 is 0. The molecule has 1 saturated heterocycles. The van der Waals surface area contributed by atoms with Crippen LogP contribution in [0.25, 0.3) is 11.4 Å². The summed E-state index contributed by atoms with van der Waals surface area (Å²) in [5.41, 5.74) is 7.26. The first-order chi connectivity index (χ1) is 17.6. The molecule has 0 aliphatic carbocycles. The normalized spacial score (nSPS) is 18.3. The molecule has 37 heavy (non-hydrogen) atoms. The highest BCUT2D eigenvalue weighted by Gasteiger charge is 2.31. The molecule has 2 atom stereocenters. The molecule has 200 valence electrons. The number of nitrogens with one attached hydrogen (secondary N) is 2. The van der Waals surface area contributed by atoms with Gasteiger partial charge in [-0.2, -0.15) is 13.4 Å². The number of ether oxygens (including phenoxy) is 2. The number of nitrogen functional groups attached to an aromatic ring is 1. The average molecular weight is 534 g/mol. The van der Waals surface area contributed by atoms with Crippen molar-refractivity contribution in [1.82, 2.24) is 19.9 Å². The van der Waals surface area contributed by atoms with E-state index in [4.69, 9.17) is 20.6 Å². The third kappa shape index (κ3) is 5.94. The van der Waals surface area contributed by atoms with E-state index in [-0.39, 0.29) is 48.9 Å². The quantitative estimate of drug-likeness (QED) is 0.370. The molecule has 3 aromatic rings. The van der Waals surface area contributed by atoms with Crippen LogP contribution < -0.4 is 19.9 Å². The number of halogens is 1. The molecule has 4 N–H and O–H groups in total. The number of piperidine rings is 1. The molecule has 0 unspecified atom stereocenters. The fourth-order valence-electron chi connectivity index (χ4n) is 3.89. The number of nitrogens with zero attached hydrogens (tertiary/aromatic N) is 4. The summed E-state index contributed by atoms with van der Waals surface area (Å²) in [6.07, 6.45) is -0.138. The van der Waals surface area contributed by atoms with Crippen LogP contribution in [-0.4, -0.2) is 73.5 Å². The lowest BCUT2D eigenvalue weighted by Gasteiger charge is -2.32. The van der Waals surface area contributed by atoms with Gasteiger partial charge in [0.25, 0.3) is 10.0 Å². The zero-order valence-corrected chi connectivity index (χ0v) is 21.4. The van der Waals surface area contributed by atoms with Crippen molar-refractivity contribution in [3.8, 4) is 23.0 Å². The molecule has 0 bridgehead atoms. The highest BCUT2D eigenvalue weighted by molar-refractivity contribution is 7.92. The molecule has 3 heterocycles. The first-order valence-electron chi connectivity index (χ1n) is 11.4. The fraction of sp³-hybridized carbons (Fsp3) is 0.333. The summed E-state index contributed by atoms with van der Waals surface area (Å²) in [4.78, 5) is 14.5. The smallest absolute Gasteiger partial charge is 0.279 e. The van der Waals surface area contributed by atoms with Gasteiger partial charge in [0.1, 0.15) is 23.8 Å². The number of alkyl halides is 1. The Balaban J connectivity index is 0.00000267. The van der Waals surface area contributed by atoms with Crippen molar-refractivity contribution in [2.45, 2.75) is 30.6 Å². The van der Waals surface area contributed by atoms with Gasteiger partial charge in [-0.1, -0.05) is 0 Å². The average Bonchev–Trinajstić information content (AvgIpc) is 2.85. The Morgan fingerprint density at radius 1 is 1.27 bits per heavy atom. The highest BCUT2D eigenvalue weighted by atomic mass is 32.2. The van der Waals surface area contributed by atoms with Crippen molar-refractivity contribution in [2.75, 3.05) is 37.7 Å². The van der Waals surface area contributed by atoms with Crippen LogP contribution in [0.15, 0.2) is 47.6 Å². The topological polar surface area (TPSA) is 156 Å². The second kappa shape index (κ2) is 10.6. The van der Waals surface area contributed by atoms with Gasteiger partial charge in [-0.3, -0.25) is 4.72 Å². The Kier molecular flexibility index (Phi) is 7.55. The maximum absolute atomic E-state index is 14.6. The summed E-state index contributed by atoms with van der Waals surface area (Å²) < 4.78 is 53.5. The first-order valence-corrected chi connectivity index (χ1v) is 12.9. The van der Waals surface area contributed by atoms with Crippen LogP contribution in [-0.2, 0) is 10.0 Å². The number of likely N-dealkylation sites (tertiary alicyclic amines) is 1. The Hall–Kier alpha value is -3.84. The molecule has 1 aliphatic heterocycles. The molecule has 13 heteroatoms. The maximum Gasteiger partial charge on any atom is 0.279 e. The van der Waals surface area contributed by atoms with Gasteiger partial charge >= 0.3 is 0 Å². The predicted octanol–water partition coefficient (Wildman–Crippen LogP) is 3.23. The molecule has 0 radical (unpaired) electrons. The lowest BCUT2D eigenvalue weighted by Crippen LogP contribution is -2.45. The largest absolute Gasteiger partial charge is 0.497 e. The molecule has 2 aromatic heterocycles. The predicted molar refractivity (Wildman–Crippen MR) is 142 cm³/mol. The van der Waals surface area contributed by atoms with Gasteiger partial charge in [-0.05, 0) is 50.7 Å². The van der Waals surface area contributed by atoms with Crippen molar-refractivity contribution in [2.24, 2.45) is 0 Å². The molecule has 1 fully saturated rings. The van der Waals surface area contributed by atoms with Gasteiger partial charge in [-0.15, -0.1) is 0 Å². The minimum Gasteiger partial charge on any atom is -0.497 e. The van der Waals surface area contributed by atoms with Crippen molar-refractivity contribution < 1.29 is 25.1 Å². The van der Waals surface area contributed by atoms with Gasteiger partial charge < -0.3 is 25.5 Å². The standard InChI is InChI=1S/C24H28FN7O4S.2H2/c1-14(26)21-22(27)29-23(30-24(21)36-19-9-11-32(2)13-18(19)25)15-4-6-16(7-5-15)31-37(33,34)20-12-17(35-3)8-10-28-20;;/h4-8,10,12,18-19,26,31H,9,11,13H2,1-3H3,(H2,27,29,30);2*1H/t18-,19+;;/m0../s1. The van der Waals surface area contributed by atoms with E-state index in [0.29, 0.717) is 24.3 Å². The van der Waals surface area contributed by atoms with E-state index in [1.54, 1.807) is 18.2 Å². The second-order valence-corrected chi connectivity index (χ2v) is 10.3. The summed E-state index contributed by atoms with van der Waals surface area (Å²) in [7, 11) is -0.678. The molecule has 0 amide bonds. The van der Waals surface area contributed by atoms with Crippen LogP contribution in [0.3, 0.4) is 0 Å². The van der Waals surface area contributed by atoms with Crippen LogP contribution in [0.2, 0.25) is 0 Å². The third-order valence-corrected chi connectivity index (χ3v) is 7.12. The number of rotatable bonds is 8. The highest BCUT2D eigenvalue weighted by Crippen LogP contribution is 2.30. The number of nitrogens with two attached hydrogens (primary N) is 1. The Labute approximate surface area is 217 Å². The molecule has 4 rings (SSSR count). The monoisotopic (exact) mass is 533 g/mol. The summed E-state index contributed by atoms with van der Waals surface area (Å²) in [6.45, 7) is 2.43. The van der Waals surface area contributed by atoms with E-state index in [2.05, 4.69) is 19.7 Å². The van der Waals surface area contributed by atoms with Crippen LogP contribution in [0.5, 0.6) is 11.6 Å². The van der Waals surface area contributed by atoms with Crippen LogP contribution in [0.4, 0.5) is 15.9 Å². The van der Waals surface area contributed by atoms with E-state index < -0.39 is 22.3 Å². The van der Waals surface area contributed by atoms with Gasteiger partial charge in [0.05, 0.1) is 12.7 Å². The van der Waals surface area contributed by atoms with E-state index in [1.807, 2.05) is 11.9 Å². The van der Waals surface area contributed by atoms with Crippen LogP contribution >= 0.6 is 0 Å². The van der Waals surface area contributed by atoms with Crippen molar-refractivity contribution >= 4 is 27.2 Å². The third-order valence-electron chi connectivity index (χ3n) is 5.84. The molecule has 0 saturated carbocycles. The van der Waals surface area contributed by atoms with E-state index >= 15 is 0 Å². The van der Waals surface area contributed by atoms with Gasteiger partial charge in [-0.25, -0.2) is 14.4 Å². The van der Waals surface area contributed by atoms with Gasteiger partial charge in [0, 0.05) is 45.2 Å². The number of benzene rings is 1. The molecule has 1 aromatic carbocycles. The van der Waals surface area contributed by atoms with E-state index in [9.17, 15) is 12.8 Å². The molecular formula is C24H32FN7O4S. The SMILES string of the molecule is COc1ccnc(S(=O)(=O)Nc2ccc(-c3nc(N)c(C(C)=N)c(O[C@@H]4CCN(C)C[C@@H]4F)n3)cc2)c1.[HH].[HH]. The number of hydrogen-bond donors (Lipinski definition) is 3. The number of hydrogen-bond acceptors (Lipinski definition) is 10. The van der Waals surface area contributed by atoms with Gasteiger partial charge in [0.2, 0.25) is 5.88 Å². The lowest BCUT2D eigenvalue weighted by atomic mass is 10.1. The minimum absolute atomic E-state index is 0. The summed E-state index contributed by atoms with van der Waals surface area (Å²) in [5, 5.41) is 7.89. The van der Waals surface area contributed by atoms with Gasteiger partial charge in [0.15, 0.2) is 10.9 Å². The number of sulfonamides is 1. The zero-order chi connectivity index (χ0) is 26.7. The summed E-state index contributed by atoms with van der Waals surface area (Å²) in [5.74, 6) is 0.636. The Morgan fingerprint density at radius 3 is 2.65 bits per heavy atom. The van der Waals surface area contributed by atoms with Crippen molar-refractivity contribution in [3.05, 3.63) is 48.2 Å². The first kappa shape index (κ1) is 26.2. The Bertz CT molecular complexity index is 1410. The number of aromatic nitrogens is 3. The number of anilines is 2. The van der Waals surface area contributed by atoms with E-state index in [1.165, 1.54) is 38.4 Å². The fourth-order valence-corrected chi connectivity index (χ4v) is 4.92. The van der Waals surface area contributed by atoms with Crippen LogP contribution in [0.1, 0.15) is 21.8 Å². The lowest BCUT2D eigenvalue weighted by molar-refractivity contribution is 0.0286. The maximum atomic E-state index is 14.6. The number of methoxy groups -OCH3 is 1. The molecule has 1 aliphatic rings. The van der Waals surface area contributed by atoms with Crippen molar-refractivity contribution in [3.63, 3.8) is 0 Å². The molecule has 11 nitrogen and oxygen atoms in total. The van der Waals surface area contributed by atoms with E-state index in [0.717, 1.165) is 0 Å². The number of pyridine rings is 1. The Morgan fingerprint density at radius 2 is 2.00 bits per heavy atom. The van der Waals surface area contributed by atoms with Crippen LogP contribution in [0, 0.1) is 5.41 Å². The molecular weight excluding hydrogens is 501 g/mol. The minimum atomic E-state index is -3.95.